The molecule has 0 unspecified atom stereocenters. The van der Waals surface area contributed by atoms with Gasteiger partial charge in [-0.05, 0) is 68.1 Å². The molecule has 2 aromatic rings. The van der Waals surface area contributed by atoms with Crippen molar-refractivity contribution in [1.29, 1.82) is 0 Å². The van der Waals surface area contributed by atoms with Gasteiger partial charge in [0.15, 0.2) is 6.61 Å². The Kier molecular flexibility index (Phi) is 6.29. The Hall–Kier alpha value is -2.33. The Balaban J connectivity index is 1.52. The quantitative estimate of drug-likeness (QED) is 0.828. The van der Waals surface area contributed by atoms with Crippen LogP contribution in [0.25, 0.3) is 0 Å². The van der Waals surface area contributed by atoms with Crippen LogP contribution in [0.4, 0.5) is 0 Å². The van der Waals surface area contributed by atoms with E-state index in [0.717, 1.165) is 17.9 Å². The molecule has 26 heavy (non-hydrogen) atoms. The maximum Gasteiger partial charge on any atom is 0.258 e. The minimum atomic E-state index is -0.0955. The number of hydrogen-bond acceptors (Lipinski definition) is 3. The first kappa shape index (κ1) is 18.5. The number of rotatable bonds is 7. The van der Waals surface area contributed by atoms with Gasteiger partial charge in [0.1, 0.15) is 5.75 Å². The predicted octanol–water partition coefficient (Wildman–Crippen LogP) is 3.59. The van der Waals surface area contributed by atoms with E-state index in [0.29, 0.717) is 6.54 Å². The van der Waals surface area contributed by atoms with Crippen molar-refractivity contribution in [3.8, 4) is 5.75 Å². The van der Waals surface area contributed by atoms with Gasteiger partial charge in [0, 0.05) is 13.1 Å². The first-order valence-electron chi connectivity index (χ1n) is 9.38. The van der Waals surface area contributed by atoms with Gasteiger partial charge in [0.25, 0.3) is 5.91 Å². The Labute approximate surface area is 156 Å². The third-order valence-corrected chi connectivity index (χ3v) is 5.10. The van der Waals surface area contributed by atoms with Crippen LogP contribution in [0.15, 0.2) is 42.5 Å². The molecule has 1 aliphatic rings. The van der Waals surface area contributed by atoms with Gasteiger partial charge in [-0.25, -0.2) is 0 Å². The van der Waals surface area contributed by atoms with Crippen LogP contribution in [0.1, 0.15) is 35.1 Å². The van der Waals surface area contributed by atoms with Crippen molar-refractivity contribution < 1.29 is 9.53 Å². The zero-order valence-electron chi connectivity index (χ0n) is 15.8. The van der Waals surface area contributed by atoms with E-state index in [1.807, 2.05) is 38.1 Å². The van der Waals surface area contributed by atoms with Crippen molar-refractivity contribution in [2.24, 2.45) is 0 Å². The minimum Gasteiger partial charge on any atom is -0.483 e. The molecule has 1 saturated heterocycles. The van der Waals surface area contributed by atoms with E-state index in [2.05, 4.69) is 28.4 Å². The maximum atomic E-state index is 12.2. The molecular weight excluding hydrogens is 324 g/mol. The lowest BCUT2D eigenvalue weighted by Gasteiger charge is -2.18. The second kappa shape index (κ2) is 8.86. The predicted molar refractivity (Wildman–Crippen MR) is 104 cm³/mol. The third kappa shape index (κ3) is 4.85. The van der Waals surface area contributed by atoms with Crippen molar-refractivity contribution in [3.05, 3.63) is 64.7 Å². The summed E-state index contributed by atoms with van der Waals surface area (Å²) in [5.74, 6) is 0.677. The molecule has 0 spiro atoms. The summed E-state index contributed by atoms with van der Waals surface area (Å²) in [6, 6.07) is 14.2. The van der Waals surface area contributed by atoms with Crippen LogP contribution in [-0.2, 0) is 17.9 Å². The van der Waals surface area contributed by atoms with E-state index >= 15 is 0 Å². The average molecular weight is 352 g/mol. The zero-order chi connectivity index (χ0) is 18.4. The zero-order valence-corrected chi connectivity index (χ0v) is 15.8. The summed E-state index contributed by atoms with van der Waals surface area (Å²) in [4.78, 5) is 14.7. The van der Waals surface area contributed by atoms with Crippen LogP contribution in [0.3, 0.4) is 0 Å². The Morgan fingerprint density at radius 2 is 1.77 bits per heavy atom. The van der Waals surface area contributed by atoms with E-state index in [9.17, 15) is 4.79 Å². The Morgan fingerprint density at radius 1 is 1.04 bits per heavy atom. The number of carbonyl (C=O) groups is 1. The first-order valence-corrected chi connectivity index (χ1v) is 9.38. The summed E-state index contributed by atoms with van der Waals surface area (Å²) in [5, 5.41) is 2.99. The first-order chi connectivity index (χ1) is 12.6. The molecule has 1 aliphatic heterocycles. The second-order valence-electron chi connectivity index (χ2n) is 7.02. The molecule has 0 atom stereocenters. The largest absolute Gasteiger partial charge is 0.483 e. The summed E-state index contributed by atoms with van der Waals surface area (Å²) in [5.41, 5.74) is 4.72. The van der Waals surface area contributed by atoms with E-state index in [1.165, 1.54) is 42.6 Å². The molecule has 1 fully saturated rings. The molecule has 1 N–H and O–H groups in total. The number of hydrogen-bond donors (Lipinski definition) is 1. The molecule has 3 rings (SSSR count). The van der Waals surface area contributed by atoms with Gasteiger partial charge in [-0.2, -0.15) is 0 Å². The summed E-state index contributed by atoms with van der Waals surface area (Å²) < 4.78 is 5.69. The lowest BCUT2D eigenvalue weighted by Crippen LogP contribution is -2.29. The van der Waals surface area contributed by atoms with Crippen LogP contribution in [0.2, 0.25) is 0 Å². The van der Waals surface area contributed by atoms with Crippen LogP contribution < -0.4 is 10.1 Å². The lowest BCUT2D eigenvalue weighted by atomic mass is 10.1. The molecule has 2 aromatic carbocycles. The summed E-state index contributed by atoms with van der Waals surface area (Å²) in [6.45, 7) is 7.94. The number of ether oxygens (including phenoxy) is 1. The fourth-order valence-electron chi connectivity index (χ4n) is 3.33. The molecular formula is C22H28N2O2. The van der Waals surface area contributed by atoms with Crippen molar-refractivity contribution in [2.75, 3.05) is 19.7 Å². The molecule has 4 nitrogen and oxygen atoms in total. The standard InChI is InChI=1S/C22H28N2O2/c1-17-8-7-11-21(18(17)2)26-16-22(25)23-14-19-9-3-4-10-20(19)15-24-12-5-6-13-24/h3-4,7-11H,5-6,12-16H2,1-2H3,(H,23,25). The lowest BCUT2D eigenvalue weighted by molar-refractivity contribution is -0.123. The van der Waals surface area contributed by atoms with Crippen LogP contribution in [0, 0.1) is 13.8 Å². The monoisotopic (exact) mass is 352 g/mol. The van der Waals surface area contributed by atoms with Gasteiger partial charge in [-0.15, -0.1) is 0 Å². The van der Waals surface area contributed by atoms with Crippen LogP contribution in [-0.4, -0.2) is 30.5 Å². The topological polar surface area (TPSA) is 41.6 Å². The van der Waals surface area contributed by atoms with Gasteiger partial charge in [0.2, 0.25) is 0 Å². The van der Waals surface area contributed by atoms with Crippen molar-refractivity contribution in [2.45, 2.75) is 39.8 Å². The Bertz CT molecular complexity index is 752. The average Bonchev–Trinajstić information content (AvgIpc) is 3.15. The highest BCUT2D eigenvalue weighted by Gasteiger charge is 2.14. The fraction of sp³-hybridized carbons (Fsp3) is 0.409. The maximum absolute atomic E-state index is 12.2. The molecule has 0 bridgehead atoms. The number of aryl methyl sites for hydroxylation is 1. The molecule has 1 amide bonds. The van der Waals surface area contributed by atoms with Crippen molar-refractivity contribution in [1.82, 2.24) is 10.2 Å². The smallest absolute Gasteiger partial charge is 0.258 e. The van der Waals surface area contributed by atoms with E-state index < -0.39 is 0 Å². The van der Waals surface area contributed by atoms with Gasteiger partial charge in [-0.1, -0.05) is 36.4 Å². The van der Waals surface area contributed by atoms with E-state index in [4.69, 9.17) is 4.74 Å². The fourth-order valence-corrected chi connectivity index (χ4v) is 3.33. The van der Waals surface area contributed by atoms with E-state index in [1.54, 1.807) is 0 Å². The summed E-state index contributed by atoms with van der Waals surface area (Å²) >= 11 is 0. The molecule has 1 heterocycles. The molecule has 138 valence electrons. The summed E-state index contributed by atoms with van der Waals surface area (Å²) in [7, 11) is 0. The second-order valence-corrected chi connectivity index (χ2v) is 7.02. The number of carbonyl (C=O) groups excluding carboxylic acids is 1. The molecule has 4 heteroatoms. The van der Waals surface area contributed by atoms with Gasteiger partial charge in [-0.3, -0.25) is 9.69 Å². The third-order valence-electron chi connectivity index (χ3n) is 5.10. The minimum absolute atomic E-state index is 0.0403. The number of nitrogens with zero attached hydrogens (tertiary/aromatic N) is 1. The van der Waals surface area contributed by atoms with Gasteiger partial charge < -0.3 is 10.1 Å². The van der Waals surface area contributed by atoms with Crippen molar-refractivity contribution in [3.63, 3.8) is 0 Å². The number of benzene rings is 2. The Morgan fingerprint density at radius 3 is 2.54 bits per heavy atom. The molecule has 0 saturated carbocycles. The van der Waals surface area contributed by atoms with E-state index in [-0.39, 0.29) is 12.5 Å². The highest BCUT2D eigenvalue weighted by molar-refractivity contribution is 5.77. The number of nitrogens with one attached hydrogen (secondary N) is 1. The normalized spacial score (nSPS) is 14.4. The van der Waals surface area contributed by atoms with Gasteiger partial charge >= 0.3 is 0 Å². The molecule has 0 radical (unpaired) electrons. The number of likely N-dealkylation sites (tertiary alicyclic amines) is 1. The SMILES string of the molecule is Cc1cccc(OCC(=O)NCc2ccccc2CN2CCCC2)c1C. The molecule has 0 aromatic heterocycles. The van der Waals surface area contributed by atoms with Gasteiger partial charge in [0.05, 0.1) is 0 Å². The highest BCUT2D eigenvalue weighted by atomic mass is 16.5. The van der Waals surface area contributed by atoms with Crippen molar-refractivity contribution >= 4 is 5.91 Å². The highest BCUT2D eigenvalue weighted by Crippen LogP contribution is 2.20. The molecule has 0 aliphatic carbocycles. The van der Waals surface area contributed by atoms with Crippen LogP contribution in [0.5, 0.6) is 5.75 Å². The summed E-state index contributed by atoms with van der Waals surface area (Å²) in [6.07, 6.45) is 2.57. The number of amides is 1. The van der Waals surface area contributed by atoms with Crippen LogP contribution >= 0.6 is 0 Å².